The van der Waals surface area contributed by atoms with Gasteiger partial charge in [-0.2, -0.15) is 0 Å². The second-order valence-electron chi connectivity index (χ2n) is 3.29. The fourth-order valence-electron chi connectivity index (χ4n) is 1.42. The molecule has 0 aromatic carbocycles. The Hall–Kier alpha value is -0.820. The van der Waals surface area contributed by atoms with Crippen molar-refractivity contribution >= 4 is 16.1 Å². The van der Waals surface area contributed by atoms with Gasteiger partial charge in [-0.05, 0) is 6.42 Å². The Balaban J connectivity index is 2.62. The number of amides is 1. The lowest BCUT2D eigenvalue weighted by molar-refractivity contribution is 0.147. The molecule has 1 saturated heterocycles. The van der Waals surface area contributed by atoms with Crippen molar-refractivity contribution in [3.63, 3.8) is 0 Å². The zero-order chi connectivity index (χ0) is 10.8. The third kappa shape index (κ3) is 2.85. The van der Waals surface area contributed by atoms with Crippen LogP contribution in [0.15, 0.2) is 0 Å². The molecule has 0 atom stereocenters. The molecule has 0 spiro atoms. The smallest absolute Gasteiger partial charge is 0.407 e. The van der Waals surface area contributed by atoms with Crippen LogP contribution in [0.3, 0.4) is 0 Å². The van der Waals surface area contributed by atoms with Crippen molar-refractivity contribution in [1.82, 2.24) is 9.21 Å². The maximum atomic E-state index is 11.2. The number of sulfonamides is 1. The minimum Gasteiger partial charge on any atom is -0.465 e. The molecule has 1 fully saturated rings. The van der Waals surface area contributed by atoms with Gasteiger partial charge >= 0.3 is 6.09 Å². The maximum absolute atomic E-state index is 11.2. The molecule has 1 aliphatic heterocycles. The van der Waals surface area contributed by atoms with Gasteiger partial charge in [-0.3, -0.25) is 0 Å². The van der Waals surface area contributed by atoms with Crippen LogP contribution in [0, 0.1) is 0 Å². The first-order chi connectivity index (χ1) is 6.41. The maximum Gasteiger partial charge on any atom is 0.407 e. The van der Waals surface area contributed by atoms with Crippen molar-refractivity contribution in [2.24, 2.45) is 0 Å². The second kappa shape index (κ2) is 4.14. The Kier molecular flexibility index (Phi) is 3.33. The van der Waals surface area contributed by atoms with E-state index in [0.29, 0.717) is 19.5 Å². The van der Waals surface area contributed by atoms with Gasteiger partial charge in [0.25, 0.3) is 0 Å². The highest BCUT2D eigenvalue weighted by molar-refractivity contribution is 7.88. The van der Waals surface area contributed by atoms with Crippen LogP contribution in [0.4, 0.5) is 4.79 Å². The van der Waals surface area contributed by atoms with Crippen LogP contribution in [-0.2, 0) is 10.0 Å². The summed E-state index contributed by atoms with van der Waals surface area (Å²) in [6.07, 6.45) is 0.711. The molecule has 0 unspecified atom stereocenters. The number of rotatable bonds is 1. The van der Waals surface area contributed by atoms with Gasteiger partial charge < -0.3 is 10.0 Å². The molecule has 6 nitrogen and oxygen atoms in total. The first-order valence-corrected chi connectivity index (χ1v) is 6.19. The summed E-state index contributed by atoms with van der Waals surface area (Å²) in [7, 11) is -3.18. The Bertz CT molecular complexity index is 314. The average molecular weight is 222 g/mol. The lowest BCUT2D eigenvalue weighted by atomic mass is 10.4. The number of hydrogen-bond donors (Lipinski definition) is 1. The number of carboxylic acid groups (broad SMARTS) is 1. The minimum atomic E-state index is -3.18. The Morgan fingerprint density at radius 1 is 1.21 bits per heavy atom. The quantitative estimate of drug-likeness (QED) is 0.656. The SMILES string of the molecule is CS(=O)(=O)N1CCCN(C(=O)O)CC1. The molecule has 1 amide bonds. The molecule has 1 rings (SSSR count). The van der Waals surface area contributed by atoms with Crippen LogP contribution in [0.25, 0.3) is 0 Å². The minimum absolute atomic E-state index is 0.252. The molecule has 0 saturated carbocycles. The molecule has 0 radical (unpaired) electrons. The van der Waals surface area contributed by atoms with Crippen LogP contribution in [-0.4, -0.2) is 61.3 Å². The van der Waals surface area contributed by atoms with E-state index < -0.39 is 16.1 Å². The highest BCUT2D eigenvalue weighted by Gasteiger charge is 2.22. The van der Waals surface area contributed by atoms with Gasteiger partial charge in [0, 0.05) is 26.2 Å². The topological polar surface area (TPSA) is 77.9 Å². The second-order valence-corrected chi connectivity index (χ2v) is 5.27. The molecule has 82 valence electrons. The lowest BCUT2D eigenvalue weighted by Gasteiger charge is -2.17. The summed E-state index contributed by atoms with van der Waals surface area (Å²) in [6.45, 7) is 1.32. The Labute approximate surface area is 83.2 Å². The lowest BCUT2D eigenvalue weighted by Crippen LogP contribution is -2.36. The first-order valence-electron chi connectivity index (χ1n) is 4.34. The molecule has 7 heteroatoms. The average Bonchev–Trinajstić information content (AvgIpc) is 2.26. The molecular formula is C7H14N2O4S. The fraction of sp³-hybridized carbons (Fsp3) is 0.857. The van der Waals surface area contributed by atoms with Crippen molar-refractivity contribution in [2.75, 3.05) is 32.4 Å². The summed E-state index contributed by atoms with van der Waals surface area (Å²) in [5, 5.41) is 8.71. The molecule has 0 aromatic rings. The van der Waals surface area contributed by atoms with E-state index in [4.69, 9.17) is 5.11 Å². The summed E-state index contributed by atoms with van der Waals surface area (Å²) in [4.78, 5) is 11.9. The standard InChI is InChI=1S/C7H14N2O4S/c1-14(12,13)9-4-2-3-8(5-6-9)7(10)11/h2-6H2,1H3,(H,10,11). The number of nitrogens with zero attached hydrogens (tertiary/aromatic N) is 2. The van der Waals surface area contributed by atoms with E-state index in [0.717, 1.165) is 6.26 Å². The van der Waals surface area contributed by atoms with E-state index in [-0.39, 0.29) is 13.1 Å². The van der Waals surface area contributed by atoms with Crippen molar-refractivity contribution in [2.45, 2.75) is 6.42 Å². The molecule has 14 heavy (non-hydrogen) atoms. The number of hydrogen-bond acceptors (Lipinski definition) is 3. The van der Waals surface area contributed by atoms with Crippen molar-refractivity contribution < 1.29 is 18.3 Å². The third-order valence-corrected chi connectivity index (χ3v) is 3.50. The van der Waals surface area contributed by atoms with Gasteiger partial charge in [0.15, 0.2) is 0 Å². The molecule has 1 aliphatic rings. The molecule has 1 heterocycles. The summed E-state index contributed by atoms with van der Waals surface area (Å²) in [6, 6.07) is 0. The zero-order valence-corrected chi connectivity index (χ0v) is 8.83. The van der Waals surface area contributed by atoms with Crippen LogP contribution in [0.2, 0.25) is 0 Å². The van der Waals surface area contributed by atoms with Gasteiger partial charge in [0.2, 0.25) is 10.0 Å². The van der Waals surface area contributed by atoms with E-state index >= 15 is 0 Å². The predicted molar refractivity (Wildman–Crippen MR) is 50.6 cm³/mol. The van der Waals surface area contributed by atoms with Crippen LogP contribution in [0.5, 0.6) is 0 Å². The molecule has 0 aliphatic carbocycles. The van der Waals surface area contributed by atoms with Gasteiger partial charge in [-0.25, -0.2) is 17.5 Å². The molecule has 1 N–H and O–H groups in total. The summed E-state index contributed by atoms with van der Waals surface area (Å²) >= 11 is 0. The predicted octanol–water partition coefficient (Wildman–Crippen LogP) is -0.368. The van der Waals surface area contributed by atoms with Crippen molar-refractivity contribution in [3.05, 3.63) is 0 Å². The monoisotopic (exact) mass is 222 g/mol. The van der Waals surface area contributed by atoms with Gasteiger partial charge in [0.1, 0.15) is 0 Å². The van der Waals surface area contributed by atoms with Crippen LogP contribution >= 0.6 is 0 Å². The highest BCUT2D eigenvalue weighted by atomic mass is 32.2. The molecule has 0 aromatic heterocycles. The van der Waals surface area contributed by atoms with Crippen molar-refractivity contribution in [1.29, 1.82) is 0 Å². The first kappa shape index (κ1) is 11.3. The molecule has 0 bridgehead atoms. The summed E-state index contributed by atoms with van der Waals surface area (Å²) in [5.74, 6) is 0. The highest BCUT2D eigenvalue weighted by Crippen LogP contribution is 2.06. The van der Waals surface area contributed by atoms with E-state index in [2.05, 4.69) is 0 Å². The third-order valence-electron chi connectivity index (χ3n) is 2.19. The number of carbonyl (C=O) groups is 1. The van der Waals surface area contributed by atoms with E-state index in [9.17, 15) is 13.2 Å². The van der Waals surface area contributed by atoms with Crippen molar-refractivity contribution in [3.8, 4) is 0 Å². The Morgan fingerprint density at radius 2 is 1.86 bits per heavy atom. The van der Waals surface area contributed by atoms with Crippen LogP contribution in [0.1, 0.15) is 6.42 Å². The summed E-state index contributed by atoms with van der Waals surface area (Å²) < 4.78 is 23.7. The normalized spacial score (nSPS) is 20.5. The molecular weight excluding hydrogens is 208 g/mol. The van der Waals surface area contributed by atoms with Crippen LogP contribution < -0.4 is 0 Å². The van der Waals surface area contributed by atoms with Gasteiger partial charge in [0.05, 0.1) is 6.26 Å². The van der Waals surface area contributed by atoms with Gasteiger partial charge in [-0.1, -0.05) is 0 Å². The van der Waals surface area contributed by atoms with E-state index in [1.165, 1.54) is 9.21 Å². The Morgan fingerprint density at radius 3 is 2.36 bits per heavy atom. The van der Waals surface area contributed by atoms with E-state index in [1.807, 2.05) is 0 Å². The summed E-state index contributed by atoms with van der Waals surface area (Å²) in [5.41, 5.74) is 0. The largest absolute Gasteiger partial charge is 0.465 e. The van der Waals surface area contributed by atoms with E-state index in [1.54, 1.807) is 0 Å². The fourth-order valence-corrected chi connectivity index (χ4v) is 2.29. The van der Waals surface area contributed by atoms with Gasteiger partial charge in [-0.15, -0.1) is 0 Å². The zero-order valence-electron chi connectivity index (χ0n) is 8.01.